The van der Waals surface area contributed by atoms with Gasteiger partial charge in [-0.3, -0.25) is 4.98 Å². The lowest BCUT2D eigenvalue weighted by atomic mass is 9.67. The summed E-state index contributed by atoms with van der Waals surface area (Å²) < 4.78 is 0. The Labute approximate surface area is 292 Å². The smallest absolute Gasteiger partial charge is 0.164 e. The highest BCUT2D eigenvalue weighted by molar-refractivity contribution is 5.85. The fraction of sp³-hybridized carbons (Fsp3) is 0.133. The van der Waals surface area contributed by atoms with Crippen LogP contribution >= 0.6 is 0 Å². The maximum atomic E-state index is 9.65. The van der Waals surface area contributed by atoms with E-state index in [1.807, 2.05) is 48.7 Å². The maximum absolute atomic E-state index is 9.65. The zero-order chi connectivity index (χ0) is 33.5. The van der Waals surface area contributed by atoms with Gasteiger partial charge in [0.05, 0.1) is 11.6 Å². The number of rotatable bonds is 5. The number of benzene rings is 5. The van der Waals surface area contributed by atoms with Crippen molar-refractivity contribution in [1.29, 1.82) is 5.26 Å². The zero-order valence-corrected chi connectivity index (χ0v) is 27.6. The third-order valence-electron chi connectivity index (χ3n) is 10.5. The molecule has 50 heavy (non-hydrogen) atoms. The van der Waals surface area contributed by atoms with E-state index < -0.39 is 0 Å². The number of hydrogen-bond donors (Lipinski definition) is 0. The summed E-state index contributed by atoms with van der Waals surface area (Å²) in [7, 11) is 0. The molecule has 2 heterocycles. The molecule has 2 aliphatic rings. The summed E-state index contributed by atoms with van der Waals surface area (Å²) in [6.07, 6.45) is 9.69. The second-order valence-electron chi connectivity index (χ2n) is 13.3. The first-order chi connectivity index (χ1) is 24.7. The second kappa shape index (κ2) is 12.3. The van der Waals surface area contributed by atoms with Crippen molar-refractivity contribution >= 4 is 0 Å². The van der Waals surface area contributed by atoms with Crippen molar-refractivity contribution in [2.24, 2.45) is 0 Å². The molecular formula is C45H33N5. The lowest BCUT2D eigenvalue weighted by Gasteiger charge is -2.36. The van der Waals surface area contributed by atoms with Crippen molar-refractivity contribution in [3.63, 3.8) is 0 Å². The van der Waals surface area contributed by atoms with E-state index in [0.29, 0.717) is 17.5 Å². The van der Waals surface area contributed by atoms with Crippen LogP contribution in [0, 0.1) is 11.3 Å². The lowest BCUT2D eigenvalue weighted by Crippen LogP contribution is -2.28. The highest BCUT2D eigenvalue weighted by Crippen LogP contribution is 2.56. The normalized spacial score (nSPS) is 14.1. The first-order valence-electron chi connectivity index (χ1n) is 17.3. The minimum Gasteiger partial charge on any atom is -0.264 e. The van der Waals surface area contributed by atoms with Gasteiger partial charge in [-0.25, -0.2) is 15.0 Å². The van der Waals surface area contributed by atoms with Gasteiger partial charge >= 0.3 is 0 Å². The Morgan fingerprint density at radius 2 is 1.06 bits per heavy atom. The Bertz CT molecular complexity index is 2390. The summed E-state index contributed by atoms with van der Waals surface area (Å²) in [6.45, 7) is 0. The third-order valence-corrected chi connectivity index (χ3v) is 10.5. The van der Waals surface area contributed by atoms with Crippen LogP contribution in [0.5, 0.6) is 0 Å². The van der Waals surface area contributed by atoms with Gasteiger partial charge in [-0.1, -0.05) is 122 Å². The summed E-state index contributed by atoms with van der Waals surface area (Å²) in [5.41, 5.74) is 13.4. The van der Waals surface area contributed by atoms with E-state index in [4.69, 9.17) is 15.0 Å². The van der Waals surface area contributed by atoms with E-state index in [1.165, 1.54) is 47.1 Å². The van der Waals surface area contributed by atoms with Gasteiger partial charge in [-0.2, -0.15) is 5.26 Å². The molecular weight excluding hydrogens is 611 g/mol. The van der Waals surface area contributed by atoms with Gasteiger partial charge in [0.2, 0.25) is 0 Å². The summed E-state index contributed by atoms with van der Waals surface area (Å²) in [4.78, 5) is 19.1. The average Bonchev–Trinajstić information content (AvgIpc) is 3.46. The minimum absolute atomic E-state index is 0.0260. The van der Waals surface area contributed by atoms with Crippen molar-refractivity contribution in [3.05, 3.63) is 156 Å². The van der Waals surface area contributed by atoms with Gasteiger partial charge in [0.25, 0.3) is 0 Å². The molecule has 238 valence electrons. The van der Waals surface area contributed by atoms with Crippen molar-refractivity contribution in [2.75, 3.05) is 0 Å². The van der Waals surface area contributed by atoms with Crippen LogP contribution in [0.15, 0.2) is 140 Å². The molecule has 1 spiro atoms. The van der Waals surface area contributed by atoms with Crippen LogP contribution in [-0.2, 0) is 5.41 Å². The first kappa shape index (κ1) is 29.9. The van der Waals surface area contributed by atoms with Crippen LogP contribution < -0.4 is 0 Å². The van der Waals surface area contributed by atoms with Gasteiger partial charge in [0.15, 0.2) is 17.5 Å². The molecule has 1 fully saturated rings. The second-order valence-corrected chi connectivity index (χ2v) is 13.3. The van der Waals surface area contributed by atoms with E-state index in [2.05, 4.69) is 96.0 Å². The fourth-order valence-corrected chi connectivity index (χ4v) is 7.96. The topological polar surface area (TPSA) is 75.3 Å². The molecule has 1 saturated carbocycles. The van der Waals surface area contributed by atoms with Crippen molar-refractivity contribution in [2.45, 2.75) is 37.5 Å². The maximum Gasteiger partial charge on any atom is 0.164 e. The fourth-order valence-electron chi connectivity index (χ4n) is 7.96. The molecule has 0 N–H and O–H groups in total. The molecule has 7 aromatic rings. The highest BCUT2D eigenvalue weighted by Gasteiger charge is 2.43. The van der Waals surface area contributed by atoms with Gasteiger partial charge in [-0.15, -0.1) is 0 Å². The molecule has 9 rings (SSSR count). The quantitative estimate of drug-likeness (QED) is 0.187. The highest BCUT2D eigenvalue weighted by atomic mass is 15.0. The molecule has 0 amide bonds. The van der Waals surface area contributed by atoms with Gasteiger partial charge in [0, 0.05) is 34.5 Å². The molecule has 0 radical (unpaired) electrons. The third kappa shape index (κ3) is 5.17. The van der Waals surface area contributed by atoms with Crippen LogP contribution in [0.2, 0.25) is 0 Å². The van der Waals surface area contributed by atoms with Crippen molar-refractivity contribution in [1.82, 2.24) is 19.9 Å². The molecule has 5 nitrogen and oxygen atoms in total. The Morgan fingerprint density at radius 3 is 1.68 bits per heavy atom. The molecule has 5 aromatic carbocycles. The zero-order valence-electron chi connectivity index (χ0n) is 27.6. The van der Waals surface area contributed by atoms with Crippen LogP contribution in [-0.4, -0.2) is 19.9 Å². The van der Waals surface area contributed by atoms with Crippen LogP contribution in [0.3, 0.4) is 0 Å². The molecule has 0 bridgehead atoms. The molecule has 2 aromatic heterocycles. The van der Waals surface area contributed by atoms with E-state index >= 15 is 0 Å². The summed E-state index contributed by atoms with van der Waals surface area (Å²) >= 11 is 0. The van der Waals surface area contributed by atoms with Crippen LogP contribution in [0.25, 0.3) is 67.5 Å². The minimum atomic E-state index is 0.0260. The van der Waals surface area contributed by atoms with E-state index in [9.17, 15) is 5.26 Å². The van der Waals surface area contributed by atoms with Crippen molar-refractivity contribution < 1.29 is 0 Å². The summed E-state index contributed by atoms with van der Waals surface area (Å²) in [5, 5.41) is 9.65. The molecule has 0 unspecified atom stereocenters. The number of nitrogens with zero attached hydrogens (tertiary/aromatic N) is 5. The van der Waals surface area contributed by atoms with E-state index in [1.54, 1.807) is 6.20 Å². The van der Waals surface area contributed by atoms with Crippen molar-refractivity contribution in [3.8, 4) is 73.6 Å². The van der Waals surface area contributed by atoms with Crippen LogP contribution in [0.4, 0.5) is 0 Å². The Hall–Kier alpha value is -6.25. The monoisotopic (exact) mass is 643 g/mol. The Kier molecular flexibility index (Phi) is 7.36. The first-order valence-corrected chi connectivity index (χ1v) is 17.3. The van der Waals surface area contributed by atoms with Gasteiger partial charge < -0.3 is 0 Å². The number of nitriles is 1. The average molecular weight is 644 g/mol. The van der Waals surface area contributed by atoms with Gasteiger partial charge in [0.1, 0.15) is 0 Å². The van der Waals surface area contributed by atoms with Crippen LogP contribution in [0.1, 0.15) is 48.8 Å². The Morgan fingerprint density at radius 1 is 0.480 bits per heavy atom. The SMILES string of the molecule is N#Cc1ccc2c(c1)-c1ccc(-c3ccc(-c4nc(-c5ccccc5)nc(-c5ccc(-c6cccnc6)cc5)n4)cc3)cc1C21CCCCC1. The van der Waals surface area contributed by atoms with E-state index in [-0.39, 0.29) is 5.41 Å². The molecule has 0 atom stereocenters. The Balaban J connectivity index is 1.08. The summed E-state index contributed by atoms with van der Waals surface area (Å²) in [5.74, 6) is 1.91. The van der Waals surface area contributed by atoms with Gasteiger partial charge in [-0.05, 0) is 81.6 Å². The largest absolute Gasteiger partial charge is 0.264 e. The molecule has 5 heteroatoms. The number of hydrogen-bond acceptors (Lipinski definition) is 5. The predicted octanol–water partition coefficient (Wildman–Crippen LogP) is 10.7. The predicted molar refractivity (Wildman–Crippen MR) is 199 cm³/mol. The number of pyridine rings is 1. The number of fused-ring (bicyclic) bond motifs is 5. The molecule has 2 aliphatic carbocycles. The summed E-state index contributed by atoms with van der Waals surface area (Å²) in [6, 6.07) is 46.5. The molecule has 0 saturated heterocycles. The molecule has 0 aliphatic heterocycles. The number of aromatic nitrogens is 4. The van der Waals surface area contributed by atoms with E-state index in [0.717, 1.165) is 51.8 Å². The lowest BCUT2D eigenvalue weighted by molar-refractivity contribution is 0.353. The standard InChI is InChI=1S/C45H33N5/c46-28-30-11-22-40-39(26-30)38-21-20-36(27-41(38)45(40)23-5-2-6-24-45)31-12-16-34(17-13-31)43-48-42(33-8-3-1-4-9-33)49-44(50-43)35-18-14-32(15-19-35)37-10-7-25-47-29-37/h1,3-4,7-22,25-27,29H,2,5-6,23-24H2.